The largest absolute Gasteiger partial charge is 0.368 e. The smallest absolute Gasteiger partial charge is 0.260 e. The van der Waals surface area contributed by atoms with Gasteiger partial charge in [-0.3, -0.25) is 19.3 Å². The summed E-state index contributed by atoms with van der Waals surface area (Å²) in [6.45, 7) is 1.34. The molecule has 0 aliphatic heterocycles. The first-order valence-corrected chi connectivity index (χ1v) is 4.66. The Kier molecular flexibility index (Phi) is 3.77. The van der Waals surface area contributed by atoms with Crippen LogP contribution in [0.4, 0.5) is 0 Å². The number of primary amides is 1. The average molecular weight is 220 g/mol. The van der Waals surface area contributed by atoms with E-state index in [1.165, 1.54) is 0 Å². The van der Waals surface area contributed by atoms with Gasteiger partial charge in [0.2, 0.25) is 12.3 Å². The molecule has 5 nitrogen and oxygen atoms in total. The first kappa shape index (κ1) is 11.9. The Labute approximate surface area is 92.8 Å². The molecule has 0 aliphatic rings. The Morgan fingerprint density at radius 3 is 2.50 bits per heavy atom. The number of rotatable bonds is 4. The van der Waals surface area contributed by atoms with E-state index >= 15 is 0 Å². The van der Waals surface area contributed by atoms with E-state index in [0.29, 0.717) is 12.0 Å². The SMILES string of the molecule is Cc1ccccc1C(=O)N(C=O)CC(N)=O. The van der Waals surface area contributed by atoms with E-state index in [2.05, 4.69) is 0 Å². The predicted octanol–water partition coefficient (Wildman–Crippen LogP) is 0.0789. The van der Waals surface area contributed by atoms with Crippen LogP contribution in [0.25, 0.3) is 0 Å². The molecular weight excluding hydrogens is 208 g/mol. The fourth-order valence-corrected chi connectivity index (χ4v) is 1.29. The lowest BCUT2D eigenvalue weighted by Gasteiger charge is -2.14. The van der Waals surface area contributed by atoms with Crippen LogP contribution in [0.2, 0.25) is 0 Å². The van der Waals surface area contributed by atoms with Crippen molar-refractivity contribution in [1.29, 1.82) is 0 Å². The van der Waals surface area contributed by atoms with E-state index in [4.69, 9.17) is 5.73 Å². The monoisotopic (exact) mass is 220 g/mol. The summed E-state index contributed by atoms with van der Waals surface area (Å²) < 4.78 is 0. The quantitative estimate of drug-likeness (QED) is 0.729. The normalized spacial score (nSPS) is 9.56. The molecule has 3 amide bonds. The molecule has 0 spiro atoms. The average Bonchev–Trinajstić information content (AvgIpc) is 2.25. The topological polar surface area (TPSA) is 80.5 Å². The number of carbonyl (C=O) groups excluding carboxylic acids is 3. The Morgan fingerprint density at radius 1 is 1.38 bits per heavy atom. The molecule has 84 valence electrons. The Balaban J connectivity index is 2.96. The van der Waals surface area contributed by atoms with Gasteiger partial charge in [0.05, 0.1) is 0 Å². The van der Waals surface area contributed by atoms with E-state index in [-0.39, 0.29) is 0 Å². The molecule has 0 unspecified atom stereocenters. The first-order valence-electron chi connectivity index (χ1n) is 4.66. The summed E-state index contributed by atoms with van der Waals surface area (Å²) in [4.78, 5) is 33.9. The third-order valence-electron chi connectivity index (χ3n) is 2.09. The maximum absolute atomic E-state index is 11.8. The van der Waals surface area contributed by atoms with Crippen molar-refractivity contribution in [3.8, 4) is 0 Å². The van der Waals surface area contributed by atoms with Crippen LogP contribution < -0.4 is 5.73 Å². The zero-order chi connectivity index (χ0) is 12.1. The van der Waals surface area contributed by atoms with Gasteiger partial charge in [-0.1, -0.05) is 18.2 Å². The van der Waals surface area contributed by atoms with Gasteiger partial charge < -0.3 is 5.73 Å². The summed E-state index contributed by atoms with van der Waals surface area (Å²) in [5.41, 5.74) is 6.06. The number of imide groups is 1. The van der Waals surface area contributed by atoms with Crippen LogP contribution >= 0.6 is 0 Å². The fourth-order valence-electron chi connectivity index (χ4n) is 1.29. The fraction of sp³-hybridized carbons (Fsp3) is 0.182. The molecular formula is C11H12N2O3. The summed E-state index contributed by atoms with van der Waals surface area (Å²) in [7, 11) is 0. The third-order valence-corrected chi connectivity index (χ3v) is 2.09. The molecule has 1 rings (SSSR count). The van der Waals surface area contributed by atoms with E-state index < -0.39 is 18.4 Å². The van der Waals surface area contributed by atoms with Crippen LogP contribution in [0.1, 0.15) is 15.9 Å². The number of carbonyl (C=O) groups is 3. The minimum Gasteiger partial charge on any atom is -0.368 e. The van der Waals surface area contributed by atoms with Crippen molar-refractivity contribution in [2.24, 2.45) is 5.73 Å². The van der Waals surface area contributed by atoms with Crippen molar-refractivity contribution < 1.29 is 14.4 Å². The summed E-state index contributed by atoms with van der Waals surface area (Å²) in [5.74, 6) is -1.25. The standard InChI is InChI=1S/C11H12N2O3/c1-8-4-2-3-5-9(8)11(16)13(7-14)6-10(12)15/h2-5,7H,6H2,1H3,(H2,12,15). The molecule has 0 bridgehead atoms. The minimum atomic E-state index is -0.728. The highest BCUT2D eigenvalue weighted by Crippen LogP contribution is 2.09. The predicted molar refractivity (Wildman–Crippen MR) is 57.5 cm³/mol. The van der Waals surface area contributed by atoms with Crippen LogP contribution in [0.5, 0.6) is 0 Å². The van der Waals surface area contributed by atoms with E-state index in [9.17, 15) is 14.4 Å². The summed E-state index contributed by atoms with van der Waals surface area (Å²) >= 11 is 0. The Bertz CT molecular complexity index is 429. The number of benzene rings is 1. The number of nitrogens with two attached hydrogens (primary N) is 1. The summed E-state index contributed by atoms with van der Waals surface area (Å²) in [6.07, 6.45) is 0.305. The minimum absolute atomic E-state index is 0.305. The van der Waals surface area contributed by atoms with Crippen LogP contribution in [0.3, 0.4) is 0 Å². The third kappa shape index (κ3) is 2.66. The number of aryl methyl sites for hydroxylation is 1. The lowest BCUT2D eigenvalue weighted by atomic mass is 10.1. The van der Waals surface area contributed by atoms with Gasteiger partial charge in [0.1, 0.15) is 6.54 Å². The molecule has 0 saturated carbocycles. The highest BCUT2D eigenvalue weighted by molar-refractivity contribution is 6.02. The molecule has 0 radical (unpaired) electrons. The molecule has 1 aromatic rings. The lowest BCUT2D eigenvalue weighted by molar-refractivity contribution is -0.124. The van der Waals surface area contributed by atoms with Crippen LogP contribution in [0, 0.1) is 6.92 Å². The van der Waals surface area contributed by atoms with Crippen LogP contribution in [0.15, 0.2) is 24.3 Å². The number of hydrogen-bond acceptors (Lipinski definition) is 3. The van der Waals surface area contributed by atoms with Crippen LogP contribution in [-0.4, -0.2) is 29.7 Å². The van der Waals surface area contributed by atoms with Crippen molar-refractivity contribution in [3.05, 3.63) is 35.4 Å². The van der Waals surface area contributed by atoms with Crippen molar-refractivity contribution in [3.63, 3.8) is 0 Å². The highest BCUT2D eigenvalue weighted by Gasteiger charge is 2.18. The van der Waals surface area contributed by atoms with Gasteiger partial charge in [0.25, 0.3) is 5.91 Å². The maximum Gasteiger partial charge on any atom is 0.260 e. The molecule has 0 aliphatic carbocycles. The van der Waals surface area contributed by atoms with Gasteiger partial charge >= 0.3 is 0 Å². The molecule has 0 atom stereocenters. The first-order chi connectivity index (χ1) is 7.56. The Morgan fingerprint density at radius 2 is 2.00 bits per heavy atom. The molecule has 0 fully saturated rings. The Hall–Kier alpha value is -2.17. The molecule has 0 aromatic heterocycles. The van der Waals surface area contributed by atoms with Crippen molar-refractivity contribution in [1.82, 2.24) is 4.90 Å². The highest BCUT2D eigenvalue weighted by atomic mass is 16.2. The second kappa shape index (κ2) is 5.06. The van der Waals surface area contributed by atoms with E-state index in [0.717, 1.165) is 10.5 Å². The number of hydrogen-bond donors (Lipinski definition) is 1. The van der Waals surface area contributed by atoms with Gasteiger partial charge in [0.15, 0.2) is 0 Å². The van der Waals surface area contributed by atoms with E-state index in [1.807, 2.05) is 0 Å². The van der Waals surface area contributed by atoms with Gasteiger partial charge in [-0.25, -0.2) is 0 Å². The lowest BCUT2D eigenvalue weighted by Crippen LogP contribution is -2.37. The van der Waals surface area contributed by atoms with Gasteiger partial charge in [-0.2, -0.15) is 0 Å². The number of amides is 3. The molecule has 1 aromatic carbocycles. The maximum atomic E-state index is 11.8. The zero-order valence-corrected chi connectivity index (χ0v) is 8.84. The second-order valence-electron chi connectivity index (χ2n) is 3.32. The molecule has 2 N–H and O–H groups in total. The summed E-state index contributed by atoms with van der Waals surface area (Å²) in [6, 6.07) is 6.81. The number of nitrogens with zero attached hydrogens (tertiary/aromatic N) is 1. The van der Waals surface area contributed by atoms with Crippen molar-refractivity contribution in [2.45, 2.75) is 6.92 Å². The molecule has 5 heteroatoms. The molecule has 0 heterocycles. The van der Waals surface area contributed by atoms with Crippen LogP contribution in [-0.2, 0) is 9.59 Å². The van der Waals surface area contributed by atoms with Crippen molar-refractivity contribution in [2.75, 3.05) is 6.54 Å². The summed E-state index contributed by atoms with van der Waals surface area (Å²) in [5, 5.41) is 0. The van der Waals surface area contributed by atoms with Gasteiger partial charge in [0, 0.05) is 5.56 Å². The van der Waals surface area contributed by atoms with Gasteiger partial charge in [-0.15, -0.1) is 0 Å². The molecule has 16 heavy (non-hydrogen) atoms. The molecule has 0 saturated heterocycles. The van der Waals surface area contributed by atoms with Gasteiger partial charge in [-0.05, 0) is 18.6 Å². The van der Waals surface area contributed by atoms with Crippen molar-refractivity contribution >= 4 is 18.2 Å². The second-order valence-corrected chi connectivity index (χ2v) is 3.32. The zero-order valence-electron chi connectivity index (χ0n) is 8.84. The van der Waals surface area contributed by atoms with E-state index in [1.54, 1.807) is 31.2 Å².